The van der Waals surface area contributed by atoms with Crippen LogP contribution in [0.15, 0.2) is 36.4 Å². The molecule has 0 aromatic heterocycles. The number of carbonyl (C=O) groups excluding carboxylic acids is 2. The van der Waals surface area contributed by atoms with E-state index in [4.69, 9.17) is 27.9 Å². The number of carbonyl (C=O) groups is 2. The molecule has 206 valence electrons. The lowest BCUT2D eigenvalue weighted by molar-refractivity contribution is -0.135. The first kappa shape index (κ1) is 28.3. The third-order valence-electron chi connectivity index (χ3n) is 6.81. The summed E-state index contributed by atoms with van der Waals surface area (Å²) >= 11 is 12.1. The van der Waals surface area contributed by atoms with Gasteiger partial charge in [-0.05, 0) is 75.9 Å². The normalized spacial score (nSPS) is 21.3. The highest BCUT2D eigenvalue weighted by Gasteiger charge is 2.43. The van der Waals surface area contributed by atoms with E-state index in [0.717, 1.165) is 18.9 Å². The first-order valence-corrected chi connectivity index (χ1v) is 12.9. The number of fused-ring (bicyclic) bond motifs is 2. The smallest absolute Gasteiger partial charge is 0.405 e. The second kappa shape index (κ2) is 10.8. The van der Waals surface area contributed by atoms with Crippen LogP contribution >= 0.6 is 23.2 Å². The number of anilines is 1. The van der Waals surface area contributed by atoms with Gasteiger partial charge in [0.15, 0.2) is 5.60 Å². The van der Waals surface area contributed by atoms with Gasteiger partial charge in [0.25, 0.3) is 11.8 Å². The van der Waals surface area contributed by atoms with E-state index in [-0.39, 0.29) is 40.3 Å². The summed E-state index contributed by atoms with van der Waals surface area (Å²) in [5.41, 5.74) is -1.12. The molecular formula is C26H27Cl2F4N3O3. The van der Waals surface area contributed by atoms with Gasteiger partial charge < -0.3 is 20.3 Å². The molecule has 2 aromatic rings. The zero-order valence-electron chi connectivity index (χ0n) is 20.7. The number of benzene rings is 2. The third kappa shape index (κ3) is 6.46. The number of piperidine rings is 1. The Hall–Kier alpha value is -2.72. The Kier molecular flexibility index (Phi) is 8.04. The molecule has 0 radical (unpaired) electrons. The topological polar surface area (TPSA) is 70.7 Å². The molecule has 0 spiro atoms. The number of halogens is 6. The van der Waals surface area contributed by atoms with Crippen LogP contribution in [0.1, 0.15) is 49.9 Å². The number of alkyl halides is 3. The largest absolute Gasteiger partial charge is 0.476 e. The van der Waals surface area contributed by atoms with Crippen molar-refractivity contribution in [3.8, 4) is 5.75 Å². The summed E-state index contributed by atoms with van der Waals surface area (Å²) in [7, 11) is 0. The fourth-order valence-corrected chi connectivity index (χ4v) is 5.51. The standard InChI is InChI=1S/C26H27Cl2F4N3O3/c1-25(2,38-22-8-4-15(27)10-19(22)28)24(37)34-16-11-17-5-6-18(12-16)35(17)21-7-3-14(9-20(21)29)23(36)33-13-26(30,31)32/h3-4,7-10,16-18H,5-6,11-13H2,1-2H3,(H,33,36)(H,34,37). The first-order valence-electron chi connectivity index (χ1n) is 12.1. The molecule has 2 aromatic carbocycles. The Morgan fingerprint density at radius 3 is 2.29 bits per heavy atom. The molecule has 0 aliphatic carbocycles. The van der Waals surface area contributed by atoms with Crippen LogP contribution in [0.3, 0.4) is 0 Å². The number of amides is 2. The van der Waals surface area contributed by atoms with Gasteiger partial charge in [-0.2, -0.15) is 13.2 Å². The van der Waals surface area contributed by atoms with Gasteiger partial charge in [0.1, 0.15) is 18.1 Å². The van der Waals surface area contributed by atoms with Crippen molar-refractivity contribution in [2.45, 2.75) is 69.4 Å². The highest BCUT2D eigenvalue weighted by Crippen LogP contribution is 2.41. The quantitative estimate of drug-likeness (QED) is 0.403. The van der Waals surface area contributed by atoms with Gasteiger partial charge in [-0.3, -0.25) is 9.59 Å². The van der Waals surface area contributed by atoms with E-state index in [2.05, 4.69) is 5.32 Å². The van der Waals surface area contributed by atoms with Crippen molar-refractivity contribution in [2.75, 3.05) is 11.4 Å². The lowest BCUT2D eigenvalue weighted by Crippen LogP contribution is -2.55. The monoisotopic (exact) mass is 575 g/mol. The summed E-state index contributed by atoms with van der Waals surface area (Å²) in [4.78, 5) is 27.0. The van der Waals surface area contributed by atoms with E-state index in [1.165, 1.54) is 18.2 Å². The lowest BCUT2D eigenvalue weighted by atomic mass is 9.95. The van der Waals surface area contributed by atoms with Crippen molar-refractivity contribution in [3.63, 3.8) is 0 Å². The molecule has 38 heavy (non-hydrogen) atoms. The summed E-state index contributed by atoms with van der Waals surface area (Å²) in [6.07, 6.45) is -1.81. The van der Waals surface area contributed by atoms with Crippen LogP contribution in [-0.2, 0) is 4.79 Å². The molecule has 2 bridgehead atoms. The molecule has 2 heterocycles. The molecule has 2 atom stereocenters. The van der Waals surface area contributed by atoms with Gasteiger partial charge >= 0.3 is 6.18 Å². The van der Waals surface area contributed by atoms with Gasteiger partial charge in [0, 0.05) is 28.7 Å². The van der Waals surface area contributed by atoms with E-state index in [1.54, 1.807) is 31.3 Å². The van der Waals surface area contributed by atoms with E-state index >= 15 is 4.39 Å². The van der Waals surface area contributed by atoms with Crippen LogP contribution in [-0.4, -0.2) is 48.3 Å². The Morgan fingerprint density at radius 2 is 1.71 bits per heavy atom. The van der Waals surface area contributed by atoms with Gasteiger partial charge in [0.05, 0.1) is 10.7 Å². The van der Waals surface area contributed by atoms with E-state index in [0.29, 0.717) is 23.6 Å². The minimum absolute atomic E-state index is 0.0480. The Balaban J connectivity index is 1.39. The highest BCUT2D eigenvalue weighted by molar-refractivity contribution is 6.35. The molecule has 2 amide bonds. The second-order valence-electron chi connectivity index (χ2n) is 10.1. The van der Waals surface area contributed by atoms with Crippen LogP contribution in [0.5, 0.6) is 5.75 Å². The summed E-state index contributed by atoms with van der Waals surface area (Å²) in [6, 6.07) is 8.19. The third-order valence-corrected chi connectivity index (χ3v) is 7.34. The van der Waals surface area contributed by atoms with Crippen molar-refractivity contribution in [3.05, 3.63) is 57.8 Å². The molecular weight excluding hydrogens is 549 g/mol. The fraction of sp³-hybridized carbons (Fsp3) is 0.462. The van der Waals surface area contributed by atoms with Crippen LogP contribution in [0.2, 0.25) is 10.0 Å². The predicted molar refractivity (Wildman–Crippen MR) is 136 cm³/mol. The minimum Gasteiger partial charge on any atom is -0.476 e. The van der Waals surface area contributed by atoms with Crippen LogP contribution < -0.4 is 20.3 Å². The predicted octanol–water partition coefficient (Wildman–Crippen LogP) is 5.90. The summed E-state index contributed by atoms with van der Waals surface area (Å²) in [5.74, 6) is -1.67. The van der Waals surface area contributed by atoms with E-state index in [9.17, 15) is 22.8 Å². The van der Waals surface area contributed by atoms with Gasteiger partial charge in [-0.25, -0.2) is 4.39 Å². The number of nitrogens with one attached hydrogen (secondary N) is 2. The molecule has 4 rings (SSSR count). The van der Waals surface area contributed by atoms with E-state index < -0.39 is 30.0 Å². The zero-order chi connectivity index (χ0) is 27.8. The number of ether oxygens (including phenoxy) is 1. The Bertz CT molecular complexity index is 1210. The maximum absolute atomic E-state index is 15.0. The maximum Gasteiger partial charge on any atom is 0.405 e. The van der Waals surface area contributed by atoms with Crippen molar-refractivity contribution in [1.29, 1.82) is 0 Å². The zero-order valence-corrected chi connectivity index (χ0v) is 22.2. The number of rotatable bonds is 7. The summed E-state index contributed by atoms with van der Waals surface area (Å²) in [5, 5.41) is 5.53. The molecule has 12 heteroatoms. The molecule has 2 N–H and O–H groups in total. The first-order chi connectivity index (χ1) is 17.7. The molecule has 0 saturated carbocycles. The number of hydrogen-bond acceptors (Lipinski definition) is 4. The van der Waals surface area contributed by atoms with Crippen LogP contribution in [0, 0.1) is 5.82 Å². The Morgan fingerprint density at radius 1 is 1.05 bits per heavy atom. The van der Waals surface area contributed by atoms with Gasteiger partial charge in [-0.15, -0.1) is 0 Å². The minimum atomic E-state index is -4.56. The molecule has 2 saturated heterocycles. The summed E-state index contributed by atoms with van der Waals surface area (Å²) < 4.78 is 58.0. The molecule has 6 nitrogen and oxygen atoms in total. The number of hydrogen-bond donors (Lipinski definition) is 2. The highest BCUT2D eigenvalue weighted by atomic mass is 35.5. The SMILES string of the molecule is CC(C)(Oc1ccc(Cl)cc1Cl)C(=O)NC1CC2CCC(C1)N2c1ccc(C(=O)NCC(F)(F)F)cc1F. The van der Waals surface area contributed by atoms with Crippen molar-refractivity contribution in [2.24, 2.45) is 0 Å². The van der Waals surface area contributed by atoms with Crippen molar-refractivity contribution >= 4 is 40.7 Å². The molecule has 2 aliphatic heterocycles. The average molecular weight is 576 g/mol. The second-order valence-corrected chi connectivity index (χ2v) is 10.9. The molecule has 2 aliphatic rings. The molecule has 2 unspecified atom stereocenters. The summed E-state index contributed by atoms with van der Waals surface area (Å²) in [6.45, 7) is 1.78. The van der Waals surface area contributed by atoms with Gasteiger partial charge in [-0.1, -0.05) is 23.2 Å². The van der Waals surface area contributed by atoms with E-state index in [1.807, 2.05) is 4.90 Å². The van der Waals surface area contributed by atoms with Crippen LogP contribution in [0.25, 0.3) is 0 Å². The Labute approximate surface area is 227 Å². The van der Waals surface area contributed by atoms with Crippen molar-refractivity contribution in [1.82, 2.24) is 10.6 Å². The lowest BCUT2D eigenvalue weighted by Gasteiger charge is -2.41. The molecule has 2 fully saturated rings. The average Bonchev–Trinajstić information content (AvgIpc) is 3.08. The van der Waals surface area contributed by atoms with Crippen LogP contribution in [0.4, 0.5) is 23.2 Å². The van der Waals surface area contributed by atoms with Gasteiger partial charge in [0.2, 0.25) is 0 Å². The van der Waals surface area contributed by atoms with Crippen molar-refractivity contribution < 1.29 is 31.9 Å². The maximum atomic E-state index is 15.0. The fourth-order valence-electron chi connectivity index (χ4n) is 5.07. The number of nitrogens with zero attached hydrogens (tertiary/aromatic N) is 1.